The lowest BCUT2D eigenvalue weighted by Gasteiger charge is -2.38. The molecule has 1 aliphatic rings. The Balaban J connectivity index is 1.75. The van der Waals surface area contributed by atoms with Gasteiger partial charge < -0.3 is 15.4 Å². The van der Waals surface area contributed by atoms with Crippen LogP contribution in [0.5, 0.6) is 0 Å². The third-order valence-corrected chi connectivity index (χ3v) is 9.55. The molecule has 2 unspecified atom stereocenters. The van der Waals surface area contributed by atoms with Crippen LogP contribution in [0.15, 0.2) is 71.9 Å². The highest BCUT2D eigenvalue weighted by Crippen LogP contribution is 2.42. The first-order valence-corrected chi connectivity index (χ1v) is 16.4. The molecule has 14 heteroatoms. The highest BCUT2D eigenvalue weighted by Gasteiger charge is 2.54. The molecule has 2 amide bonds. The lowest BCUT2D eigenvalue weighted by Crippen LogP contribution is -2.55. The molecular weight excluding hydrogens is 618 g/mol. The fourth-order valence-electron chi connectivity index (χ4n) is 5.35. The average molecular weight is 657 g/mol. The summed E-state index contributed by atoms with van der Waals surface area (Å²) in [5.41, 5.74) is 0.103. The van der Waals surface area contributed by atoms with Gasteiger partial charge in [-0.05, 0) is 63.1 Å². The van der Waals surface area contributed by atoms with Crippen LogP contribution in [0.2, 0.25) is 0 Å². The van der Waals surface area contributed by atoms with Gasteiger partial charge in [0.25, 0.3) is 5.91 Å². The van der Waals surface area contributed by atoms with Gasteiger partial charge in [-0.25, -0.2) is 27.0 Å². The monoisotopic (exact) mass is 656 g/mol. The molecule has 0 saturated carbocycles. The van der Waals surface area contributed by atoms with Crippen LogP contribution in [-0.4, -0.2) is 73.0 Å². The van der Waals surface area contributed by atoms with Gasteiger partial charge in [0, 0.05) is 44.2 Å². The number of aromatic nitrogens is 1. The van der Waals surface area contributed by atoms with Gasteiger partial charge >= 0.3 is 6.09 Å². The van der Waals surface area contributed by atoms with Crippen molar-refractivity contribution in [2.75, 3.05) is 31.7 Å². The van der Waals surface area contributed by atoms with E-state index in [0.717, 1.165) is 30.1 Å². The summed E-state index contributed by atoms with van der Waals surface area (Å²) in [4.78, 5) is 35.4. The Morgan fingerprint density at radius 1 is 1.11 bits per heavy atom. The molecule has 0 aliphatic carbocycles. The maximum atomic E-state index is 15.9. The van der Waals surface area contributed by atoms with E-state index < -0.39 is 49.9 Å². The third kappa shape index (κ3) is 8.43. The maximum absolute atomic E-state index is 15.9. The number of hydrogen-bond donors (Lipinski definition) is 3. The summed E-state index contributed by atoms with van der Waals surface area (Å²) in [7, 11) is -2.57. The highest BCUT2D eigenvalue weighted by atomic mass is 32.2. The first-order chi connectivity index (χ1) is 21.6. The van der Waals surface area contributed by atoms with Crippen LogP contribution in [0.1, 0.15) is 54.8 Å². The van der Waals surface area contributed by atoms with Crippen molar-refractivity contribution in [2.24, 2.45) is 4.99 Å². The number of sulfone groups is 1. The normalized spacial score (nSPS) is 18.1. The predicted molar refractivity (Wildman–Crippen MR) is 171 cm³/mol. The molecule has 1 fully saturated rings. The van der Waals surface area contributed by atoms with E-state index in [1.54, 1.807) is 20.8 Å². The number of anilines is 1. The Labute approximate surface area is 267 Å². The van der Waals surface area contributed by atoms with E-state index in [1.807, 2.05) is 35.2 Å². The number of aliphatic imine (C=N–C) groups is 1. The lowest BCUT2D eigenvalue weighted by molar-refractivity contribution is 0.0560. The molecule has 0 spiro atoms. The van der Waals surface area contributed by atoms with E-state index in [4.69, 9.17) is 4.74 Å². The van der Waals surface area contributed by atoms with Crippen molar-refractivity contribution in [1.29, 1.82) is 0 Å². The number of hydrogen-bond acceptors (Lipinski definition) is 8. The zero-order valence-electron chi connectivity index (χ0n) is 26.3. The number of carbonyl (C=O) groups excluding carboxylic acids is 2. The molecule has 246 valence electrons. The fourth-order valence-corrected chi connectivity index (χ4v) is 6.84. The molecule has 0 radical (unpaired) electrons. The minimum atomic E-state index is -3.95. The molecule has 4 rings (SSSR count). The summed E-state index contributed by atoms with van der Waals surface area (Å²) in [6, 6.07) is 14.3. The summed E-state index contributed by atoms with van der Waals surface area (Å²) in [5, 5.41) is 8.10. The quantitative estimate of drug-likeness (QED) is 0.239. The second-order valence-corrected chi connectivity index (χ2v) is 14.5. The van der Waals surface area contributed by atoms with Crippen LogP contribution < -0.4 is 16.0 Å². The number of likely N-dealkylation sites (tertiary alicyclic amines) is 1. The molecule has 0 bridgehead atoms. The van der Waals surface area contributed by atoms with Crippen molar-refractivity contribution < 1.29 is 31.5 Å². The van der Waals surface area contributed by atoms with Gasteiger partial charge in [-0.15, -0.1) is 0 Å². The number of nitrogens with one attached hydrogen (secondary N) is 3. The number of amides is 2. The van der Waals surface area contributed by atoms with Gasteiger partial charge in [0.1, 0.15) is 27.7 Å². The molecule has 3 aromatic rings. The highest BCUT2D eigenvalue weighted by molar-refractivity contribution is 7.92. The number of alkyl carbamates (subject to hydrolysis) is 1. The van der Waals surface area contributed by atoms with Crippen LogP contribution in [0.25, 0.3) is 0 Å². The Hall–Kier alpha value is -4.43. The van der Waals surface area contributed by atoms with Crippen LogP contribution in [-0.2, 0) is 21.1 Å². The first kappa shape index (κ1) is 34.4. The van der Waals surface area contributed by atoms with E-state index in [1.165, 1.54) is 25.2 Å². The maximum Gasteiger partial charge on any atom is 0.414 e. The largest absolute Gasteiger partial charge is 0.444 e. The smallest absolute Gasteiger partial charge is 0.414 e. The SMILES string of the molecule is CN=C(NC(=O)OC(C)(C)C)NC(c1cc(NC(=O)c2ccc(F)cn2)ccc1F)C1(S(C)(=O)=O)CCN(Cc2ccccc2)C1. The number of nitrogens with zero attached hydrogens (tertiary/aromatic N) is 3. The van der Waals surface area contributed by atoms with Crippen LogP contribution >= 0.6 is 0 Å². The summed E-state index contributed by atoms with van der Waals surface area (Å²) in [6.07, 6.45) is 1.26. The Kier molecular flexibility index (Phi) is 10.4. The van der Waals surface area contributed by atoms with Gasteiger partial charge in [0.15, 0.2) is 9.84 Å². The number of ether oxygens (including phenoxy) is 1. The van der Waals surface area contributed by atoms with Crippen LogP contribution in [0, 0.1) is 11.6 Å². The second kappa shape index (κ2) is 13.9. The number of benzene rings is 2. The average Bonchev–Trinajstić information content (AvgIpc) is 3.41. The molecule has 2 aromatic carbocycles. The van der Waals surface area contributed by atoms with Crippen LogP contribution in [0.3, 0.4) is 0 Å². The van der Waals surface area contributed by atoms with Crippen molar-refractivity contribution >= 4 is 33.5 Å². The summed E-state index contributed by atoms with van der Waals surface area (Å²) >= 11 is 0. The zero-order chi connectivity index (χ0) is 33.7. The number of carbonyl (C=O) groups is 2. The minimum absolute atomic E-state index is 0.0252. The van der Waals surface area contributed by atoms with Gasteiger partial charge in [-0.3, -0.25) is 20.0 Å². The van der Waals surface area contributed by atoms with Gasteiger partial charge in [0.2, 0.25) is 5.96 Å². The third-order valence-electron chi connectivity index (χ3n) is 7.50. The Bertz CT molecular complexity index is 1700. The predicted octanol–water partition coefficient (Wildman–Crippen LogP) is 4.44. The van der Waals surface area contributed by atoms with Gasteiger partial charge in [-0.2, -0.15) is 0 Å². The molecule has 1 saturated heterocycles. The standard InChI is InChI=1S/C32H38F2N6O5S/c1-31(2,3)45-30(42)39-29(35-4)38-27(32(46(5,43)44)15-16-40(20-32)19-21-9-7-6-8-10-21)24-17-23(12-13-25(24)34)37-28(41)26-14-11-22(33)18-36-26/h6-14,17-18,27H,15-16,19-20H2,1-5H3,(H,37,41)(H2,35,38,39,42). The number of rotatable bonds is 8. The summed E-state index contributed by atoms with van der Waals surface area (Å²) in [6.45, 7) is 5.91. The second-order valence-electron chi connectivity index (χ2n) is 12.1. The number of pyridine rings is 1. The molecule has 3 N–H and O–H groups in total. The van der Waals surface area contributed by atoms with Crippen molar-refractivity contribution in [3.05, 3.63) is 95.3 Å². The lowest BCUT2D eigenvalue weighted by atomic mass is 9.90. The zero-order valence-corrected chi connectivity index (χ0v) is 27.1. The van der Waals surface area contributed by atoms with Crippen molar-refractivity contribution in [2.45, 2.75) is 50.1 Å². The Morgan fingerprint density at radius 3 is 2.43 bits per heavy atom. The molecule has 2 heterocycles. The van der Waals surface area contributed by atoms with Gasteiger partial charge in [0.05, 0.1) is 12.2 Å². The van der Waals surface area contributed by atoms with Gasteiger partial charge in [-0.1, -0.05) is 30.3 Å². The van der Waals surface area contributed by atoms with E-state index in [-0.39, 0.29) is 35.9 Å². The Morgan fingerprint density at radius 2 is 1.83 bits per heavy atom. The molecule has 1 aliphatic heterocycles. The van der Waals surface area contributed by atoms with Crippen molar-refractivity contribution in [3.63, 3.8) is 0 Å². The van der Waals surface area contributed by atoms with E-state index in [2.05, 4.69) is 25.9 Å². The van der Waals surface area contributed by atoms with Crippen LogP contribution in [0.4, 0.5) is 19.3 Å². The molecule has 11 nitrogen and oxygen atoms in total. The number of guanidine groups is 1. The molecular formula is C32H38F2N6O5S. The number of halogens is 2. The fraction of sp³-hybridized carbons (Fsp3) is 0.375. The molecule has 2 atom stereocenters. The van der Waals surface area contributed by atoms with E-state index >= 15 is 4.39 Å². The minimum Gasteiger partial charge on any atom is -0.444 e. The first-order valence-electron chi connectivity index (χ1n) is 14.5. The summed E-state index contributed by atoms with van der Waals surface area (Å²) in [5.74, 6) is -2.20. The molecule has 46 heavy (non-hydrogen) atoms. The van der Waals surface area contributed by atoms with Crippen molar-refractivity contribution in [1.82, 2.24) is 20.5 Å². The topological polar surface area (TPSA) is 142 Å². The van der Waals surface area contributed by atoms with E-state index in [0.29, 0.717) is 13.1 Å². The van der Waals surface area contributed by atoms with Crippen molar-refractivity contribution in [3.8, 4) is 0 Å². The summed E-state index contributed by atoms with van der Waals surface area (Å²) < 4.78 is 60.5. The van der Waals surface area contributed by atoms with E-state index in [9.17, 15) is 22.4 Å². The molecule has 1 aromatic heterocycles.